The first-order valence-corrected chi connectivity index (χ1v) is 3.79. The lowest BCUT2D eigenvalue weighted by atomic mass is 10.7. The van der Waals surface area contributed by atoms with E-state index in [1.54, 1.807) is 11.9 Å². The minimum absolute atomic E-state index is 0.325. The highest BCUT2D eigenvalue weighted by molar-refractivity contribution is 7.71. The third-order valence-corrected chi connectivity index (χ3v) is 1.51. The van der Waals surface area contributed by atoms with E-state index in [2.05, 4.69) is 15.5 Å². The van der Waals surface area contributed by atoms with Gasteiger partial charge in [-0.3, -0.25) is 0 Å². The number of anilines is 2. The quantitative estimate of drug-likeness (QED) is 0.693. The maximum Gasteiger partial charge on any atom is 0.314 e. The topological polar surface area (TPSA) is 54.2 Å². The fraction of sp³-hybridized carbons (Fsp3) is 0.500. The molecule has 1 heterocycles. The summed E-state index contributed by atoms with van der Waals surface area (Å²) in [5.41, 5.74) is 0. The molecule has 0 aliphatic rings. The predicted octanol–water partition coefficient (Wildman–Crippen LogP) is 0.907. The molecule has 0 unspecified atom stereocenters. The third-order valence-electron chi connectivity index (χ3n) is 1.24. The minimum Gasteiger partial charge on any atom is -0.409 e. The lowest BCUT2D eigenvalue weighted by Gasteiger charge is -2.08. The summed E-state index contributed by atoms with van der Waals surface area (Å²) >= 11 is 4.93. The molecule has 0 amide bonds. The van der Waals surface area contributed by atoms with Gasteiger partial charge in [0, 0.05) is 21.1 Å². The van der Waals surface area contributed by atoms with E-state index in [4.69, 9.17) is 16.6 Å². The molecule has 0 radical (unpaired) electrons. The molecule has 1 N–H and O–H groups in total. The van der Waals surface area contributed by atoms with Crippen LogP contribution in [0.1, 0.15) is 0 Å². The molecular formula is C6H10N4OS. The fourth-order valence-corrected chi connectivity index (χ4v) is 0.963. The van der Waals surface area contributed by atoms with E-state index in [1.165, 1.54) is 0 Å². The van der Waals surface area contributed by atoms with Crippen molar-refractivity contribution in [3.8, 4) is 0 Å². The fourth-order valence-electron chi connectivity index (χ4n) is 0.661. The number of aromatic nitrogens is 2. The van der Waals surface area contributed by atoms with E-state index in [9.17, 15) is 0 Å². The first kappa shape index (κ1) is 8.92. The van der Waals surface area contributed by atoms with Gasteiger partial charge in [-0.2, -0.15) is 0 Å². The van der Waals surface area contributed by atoms with Crippen LogP contribution in [0.4, 0.5) is 11.8 Å². The van der Waals surface area contributed by atoms with Gasteiger partial charge in [-0.25, -0.2) is 0 Å². The number of hydrogen-bond acceptors (Lipinski definition) is 6. The molecule has 1 aromatic rings. The maximum atomic E-state index is 5.11. The SMILES string of the molecule is CNc1nnc(N(C)C)c(=S)o1. The molecule has 0 saturated heterocycles. The zero-order valence-corrected chi connectivity index (χ0v) is 7.97. The van der Waals surface area contributed by atoms with Crippen molar-refractivity contribution in [1.82, 2.24) is 10.2 Å². The Balaban J connectivity index is 3.12. The molecule has 0 aliphatic carbocycles. The van der Waals surface area contributed by atoms with Crippen molar-refractivity contribution < 1.29 is 4.42 Å². The molecule has 5 nitrogen and oxygen atoms in total. The van der Waals surface area contributed by atoms with E-state index in [1.807, 2.05) is 14.1 Å². The van der Waals surface area contributed by atoms with Crippen LogP contribution in [0, 0.1) is 4.71 Å². The highest BCUT2D eigenvalue weighted by Gasteiger charge is 2.03. The van der Waals surface area contributed by atoms with Crippen LogP contribution in [0.2, 0.25) is 0 Å². The Morgan fingerprint density at radius 1 is 1.42 bits per heavy atom. The Morgan fingerprint density at radius 2 is 2.08 bits per heavy atom. The Labute approximate surface area is 75.4 Å². The molecule has 0 bridgehead atoms. The van der Waals surface area contributed by atoms with Crippen LogP contribution in [-0.2, 0) is 0 Å². The first-order valence-electron chi connectivity index (χ1n) is 3.38. The van der Waals surface area contributed by atoms with Crippen LogP contribution < -0.4 is 10.2 Å². The van der Waals surface area contributed by atoms with Crippen LogP contribution >= 0.6 is 12.2 Å². The molecule has 66 valence electrons. The van der Waals surface area contributed by atoms with E-state index in [-0.39, 0.29) is 0 Å². The van der Waals surface area contributed by atoms with Crippen molar-refractivity contribution in [1.29, 1.82) is 0 Å². The molecule has 1 rings (SSSR count). The summed E-state index contributed by atoms with van der Waals surface area (Å²) in [5.74, 6) is 0.559. The smallest absolute Gasteiger partial charge is 0.314 e. The van der Waals surface area contributed by atoms with Crippen molar-refractivity contribution in [3.05, 3.63) is 4.71 Å². The lowest BCUT2D eigenvalue weighted by molar-refractivity contribution is 0.515. The lowest BCUT2D eigenvalue weighted by Crippen LogP contribution is -2.12. The average Bonchev–Trinajstić information content (AvgIpc) is 2.03. The zero-order chi connectivity index (χ0) is 9.14. The number of hydrogen-bond donors (Lipinski definition) is 1. The summed E-state index contributed by atoms with van der Waals surface area (Å²) in [4.78, 5) is 1.75. The highest BCUT2D eigenvalue weighted by Crippen LogP contribution is 2.10. The molecular weight excluding hydrogens is 176 g/mol. The van der Waals surface area contributed by atoms with Crippen LogP contribution in [0.25, 0.3) is 0 Å². The van der Waals surface area contributed by atoms with Gasteiger partial charge >= 0.3 is 6.01 Å². The minimum atomic E-state index is 0.325. The summed E-state index contributed by atoms with van der Waals surface area (Å²) in [7, 11) is 5.35. The van der Waals surface area contributed by atoms with Gasteiger partial charge in [0.1, 0.15) is 0 Å². The van der Waals surface area contributed by atoms with Gasteiger partial charge in [0.25, 0.3) is 0 Å². The molecule has 0 saturated carbocycles. The van der Waals surface area contributed by atoms with Crippen LogP contribution in [-0.4, -0.2) is 31.3 Å². The van der Waals surface area contributed by atoms with Crippen molar-refractivity contribution >= 4 is 24.1 Å². The van der Waals surface area contributed by atoms with Crippen molar-refractivity contribution in [2.75, 3.05) is 31.4 Å². The second-order valence-corrected chi connectivity index (χ2v) is 2.73. The molecule has 0 fully saturated rings. The van der Waals surface area contributed by atoms with Crippen molar-refractivity contribution in [2.24, 2.45) is 0 Å². The van der Waals surface area contributed by atoms with E-state index >= 15 is 0 Å². The number of nitrogens with zero attached hydrogens (tertiary/aromatic N) is 3. The largest absolute Gasteiger partial charge is 0.409 e. The normalized spacial score (nSPS) is 9.58. The Hall–Kier alpha value is -1.17. The maximum absolute atomic E-state index is 5.11. The van der Waals surface area contributed by atoms with Gasteiger partial charge in [-0.05, 0) is 12.2 Å². The molecule has 0 aromatic carbocycles. The second kappa shape index (κ2) is 3.48. The molecule has 0 spiro atoms. The summed E-state index contributed by atoms with van der Waals surface area (Å²) < 4.78 is 5.44. The van der Waals surface area contributed by atoms with Gasteiger partial charge in [0.2, 0.25) is 10.5 Å². The Morgan fingerprint density at radius 3 is 2.50 bits per heavy atom. The van der Waals surface area contributed by atoms with Gasteiger partial charge in [-0.15, -0.1) is 5.10 Å². The molecule has 0 atom stereocenters. The van der Waals surface area contributed by atoms with E-state index in [0.29, 0.717) is 16.5 Å². The first-order chi connectivity index (χ1) is 5.65. The predicted molar refractivity (Wildman–Crippen MR) is 49.0 cm³/mol. The second-order valence-electron chi connectivity index (χ2n) is 2.36. The van der Waals surface area contributed by atoms with Gasteiger partial charge < -0.3 is 14.6 Å². The van der Waals surface area contributed by atoms with Crippen molar-refractivity contribution in [3.63, 3.8) is 0 Å². The monoisotopic (exact) mass is 186 g/mol. The van der Waals surface area contributed by atoms with Crippen LogP contribution in [0.15, 0.2) is 4.42 Å². The number of rotatable bonds is 2. The zero-order valence-electron chi connectivity index (χ0n) is 7.16. The van der Waals surface area contributed by atoms with E-state index in [0.717, 1.165) is 0 Å². The van der Waals surface area contributed by atoms with Gasteiger partial charge in [0.05, 0.1) is 0 Å². The summed E-state index contributed by atoms with van der Waals surface area (Å²) in [6, 6.07) is 0.325. The average molecular weight is 186 g/mol. The molecule has 6 heteroatoms. The van der Waals surface area contributed by atoms with E-state index < -0.39 is 0 Å². The Kier molecular flexibility index (Phi) is 2.59. The summed E-state index contributed by atoms with van der Waals surface area (Å²) in [6.07, 6.45) is 0. The van der Waals surface area contributed by atoms with Gasteiger partial charge in [0.15, 0.2) is 0 Å². The molecule has 0 aliphatic heterocycles. The summed E-state index contributed by atoms with van der Waals surface area (Å²) in [5, 5.41) is 10.3. The molecule has 12 heavy (non-hydrogen) atoms. The van der Waals surface area contributed by atoms with Crippen molar-refractivity contribution in [2.45, 2.75) is 0 Å². The standard InChI is InChI=1S/C6H10N4OS/c1-7-6-9-8-4(10(2)3)5(12)11-6/h1-3H3,(H,7,9). The summed E-state index contributed by atoms with van der Waals surface area (Å²) in [6.45, 7) is 0. The highest BCUT2D eigenvalue weighted by atomic mass is 32.1. The van der Waals surface area contributed by atoms with Gasteiger partial charge in [-0.1, -0.05) is 5.10 Å². The molecule has 1 aromatic heterocycles. The van der Waals surface area contributed by atoms with Crippen LogP contribution in [0.5, 0.6) is 0 Å². The Bertz CT molecular complexity index is 322. The number of nitrogens with one attached hydrogen (secondary N) is 1. The van der Waals surface area contributed by atoms with Crippen LogP contribution in [0.3, 0.4) is 0 Å². The third kappa shape index (κ3) is 1.70.